The number of aliphatic hydroxyl groups is 1. The number of hydrogen-bond acceptors (Lipinski definition) is 2. The van der Waals surface area contributed by atoms with E-state index in [2.05, 4.69) is 0 Å². The van der Waals surface area contributed by atoms with Gasteiger partial charge in [-0.1, -0.05) is 6.08 Å². The molecular formula is C14H13FO2. The Morgan fingerprint density at radius 3 is 2.53 bits per heavy atom. The molecule has 3 heteroatoms. The molecule has 0 radical (unpaired) electrons. The molecule has 2 aromatic rings. The minimum atomic E-state index is -0.505. The van der Waals surface area contributed by atoms with Crippen molar-refractivity contribution in [3.63, 3.8) is 0 Å². The third-order valence-corrected chi connectivity index (χ3v) is 2.29. The standard InChI is InChI=1S/C14H13FO2/c1-10(16)2-7-13-8-9-14(17-13)11-3-5-12(15)6-4-11/h2-10,16H,1H3/b7-2+. The molecule has 0 saturated carbocycles. The lowest BCUT2D eigenvalue weighted by Crippen LogP contribution is -1.90. The van der Waals surface area contributed by atoms with Crippen molar-refractivity contribution in [3.05, 3.63) is 54.1 Å². The third kappa shape index (κ3) is 3.04. The third-order valence-electron chi connectivity index (χ3n) is 2.29. The summed E-state index contributed by atoms with van der Waals surface area (Å²) < 4.78 is 18.3. The minimum Gasteiger partial charge on any atom is -0.457 e. The van der Waals surface area contributed by atoms with Crippen LogP contribution in [0.3, 0.4) is 0 Å². The molecule has 17 heavy (non-hydrogen) atoms. The zero-order chi connectivity index (χ0) is 12.3. The van der Waals surface area contributed by atoms with Crippen molar-refractivity contribution >= 4 is 6.08 Å². The Morgan fingerprint density at radius 1 is 1.18 bits per heavy atom. The number of aliphatic hydroxyl groups excluding tert-OH is 1. The van der Waals surface area contributed by atoms with Crippen LogP contribution in [0.15, 0.2) is 46.9 Å². The van der Waals surface area contributed by atoms with Crippen molar-refractivity contribution in [2.75, 3.05) is 0 Å². The second-order valence-corrected chi connectivity index (χ2v) is 3.81. The van der Waals surface area contributed by atoms with Crippen LogP contribution in [0.25, 0.3) is 17.4 Å². The van der Waals surface area contributed by atoms with Gasteiger partial charge >= 0.3 is 0 Å². The quantitative estimate of drug-likeness (QED) is 0.878. The molecule has 1 aromatic heterocycles. The highest BCUT2D eigenvalue weighted by atomic mass is 19.1. The summed E-state index contributed by atoms with van der Waals surface area (Å²) in [4.78, 5) is 0. The average Bonchev–Trinajstić information content (AvgIpc) is 2.76. The number of hydrogen-bond donors (Lipinski definition) is 1. The Labute approximate surface area is 99.0 Å². The van der Waals surface area contributed by atoms with Crippen molar-refractivity contribution < 1.29 is 13.9 Å². The summed E-state index contributed by atoms with van der Waals surface area (Å²) >= 11 is 0. The van der Waals surface area contributed by atoms with Gasteiger partial charge in [0.1, 0.15) is 17.3 Å². The maximum atomic E-state index is 12.7. The maximum Gasteiger partial charge on any atom is 0.134 e. The van der Waals surface area contributed by atoms with Crippen LogP contribution in [0.4, 0.5) is 4.39 Å². The van der Waals surface area contributed by atoms with E-state index in [1.165, 1.54) is 12.1 Å². The summed E-state index contributed by atoms with van der Waals surface area (Å²) in [5, 5.41) is 9.10. The zero-order valence-corrected chi connectivity index (χ0v) is 9.43. The van der Waals surface area contributed by atoms with Crippen LogP contribution in [0, 0.1) is 5.82 Å². The summed E-state index contributed by atoms with van der Waals surface area (Å²) in [6, 6.07) is 9.73. The first-order chi connectivity index (χ1) is 8.15. The fourth-order valence-electron chi connectivity index (χ4n) is 1.45. The van der Waals surface area contributed by atoms with Gasteiger partial charge in [-0.05, 0) is 49.4 Å². The average molecular weight is 232 g/mol. The summed E-state index contributed by atoms with van der Waals surface area (Å²) in [6.07, 6.45) is 2.83. The molecular weight excluding hydrogens is 219 g/mol. The van der Waals surface area contributed by atoms with Gasteiger partial charge in [-0.25, -0.2) is 4.39 Å². The van der Waals surface area contributed by atoms with E-state index in [-0.39, 0.29) is 5.82 Å². The summed E-state index contributed by atoms with van der Waals surface area (Å²) in [5.74, 6) is 1.06. The molecule has 0 spiro atoms. The Hall–Kier alpha value is -1.87. The van der Waals surface area contributed by atoms with Crippen molar-refractivity contribution in [1.82, 2.24) is 0 Å². The number of furan rings is 1. The monoisotopic (exact) mass is 232 g/mol. The number of benzene rings is 1. The highest BCUT2D eigenvalue weighted by Gasteiger charge is 2.03. The Kier molecular flexibility index (Phi) is 3.40. The molecule has 0 fully saturated rings. The lowest BCUT2D eigenvalue weighted by atomic mass is 10.2. The molecule has 1 heterocycles. The van der Waals surface area contributed by atoms with E-state index in [4.69, 9.17) is 9.52 Å². The Morgan fingerprint density at radius 2 is 1.88 bits per heavy atom. The van der Waals surface area contributed by atoms with E-state index in [1.807, 2.05) is 6.07 Å². The fourth-order valence-corrected chi connectivity index (χ4v) is 1.45. The predicted octanol–water partition coefficient (Wildman–Crippen LogP) is 3.48. The van der Waals surface area contributed by atoms with Crippen LogP contribution in [0.1, 0.15) is 12.7 Å². The molecule has 1 unspecified atom stereocenters. The first-order valence-electron chi connectivity index (χ1n) is 5.37. The zero-order valence-electron chi connectivity index (χ0n) is 9.43. The molecule has 0 aliphatic heterocycles. The largest absolute Gasteiger partial charge is 0.457 e. The molecule has 1 atom stereocenters. The van der Waals surface area contributed by atoms with Crippen molar-refractivity contribution in [3.8, 4) is 11.3 Å². The van der Waals surface area contributed by atoms with Gasteiger partial charge in [-0.2, -0.15) is 0 Å². The van der Waals surface area contributed by atoms with Gasteiger partial charge in [0.15, 0.2) is 0 Å². The minimum absolute atomic E-state index is 0.269. The molecule has 0 bridgehead atoms. The smallest absolute Gasteiger partial charge is 0.134 e. The number of rotatable bonds is 3. The van der Waals surface area contributed by atoms with Gasteiger partial charge in [0.25, 0.3) is 0 Å². The lowest BCUT2D eigenvalue weighted by Gasteiger charge is -1.96. The molecule has 0 aliphatic rings. The molecule has 0 aliphatic carbocycles. The molecule has 2 rings (SSSR count). The number of halogens is 1. The maximum absolute atomic E-state index is 12.7. The van der Waals surface area contributed by atoms with Crippen LogP contribution in [0.2, 0.25) is 0 Å². The van der Waals surface area contributed by atoms with Gasteiger partial charge < -0.3 is 9.52 Å². The highest BCUT2D eigenvalue weighted by molar-refractivity contribution is 5.59. The summed E-state index contributed by atoms with van der Waals surface area (Å²) in [7, 11) is 0. The summed E-state index contributed by atoms with van der Waals surface area (Å²) in [6.45, 7) is 1.67. The molecule has 88 valence electrons. The van der Waals surface area contributed by atoms with E-state index in [1.54, 1.807) is 37.3 Å². The molecule has 0 amide bonds. The Balaban J connectivity index is 2.21. The van der Waals surface area contributed by atoms with E-state index >= 15 is 0 Å². The van der Waals surface area contributed by atoms with Crippen molar-refractivity contribution in [1.29, 1.82) is 0 Å². The topological polar surface area (TPSA) is 33.4 Å². The normalized spacial score (nSPS) is 13.1. The van der Waals surface area contributed by atoms with Gasteiger partial charge in [0, 0.05) is 5.56 Å². The van der Waals surface area contributed by atoms with Crippen molar-refractivity contribution in [2.24, 2.45) is 0 Å². The van der Waals surface area contributed by atoms with E-state index in [0.29, 0.717) is 11.5 Å². The first-order valence-corrected chi connectivity index (χ1v) is 5.37. The fraction of sp³-hybridized carbons (Fsp3) is 0.143. The predicted molar refractivity (Wildman–Crippen MR) is 64.8 cm³/mol. The summed E-state index contributed by atoms with van der Waals surface area (Å²) in [5.41, 5.74) is 0.822. The second kappa shape index (κ2) is 4.97. The Bertz CT molecular complexity index is 509. The van der Waals surface area contributed by atoms with Crippen LogP contribution >= 0.6 is 0 Å². The molecule has 0 saturated heterocycles. The first kappa shape index (κ1) is 11.6. The van der Waals surface area contributed by atoms with Gasteiger partial charge in [-0.3, -0.25) is 0 Å². The lowest BCUT2D eigenvalue weighted by molar-refractivity contribution is 0.245. The van der Waals surface area contributed by atoms with Gasteiger partial charge in [-0.15, -0.1) is 0 Å². The van der Waals surface area contributed by atoms with Crippen molar-refractivity contribution in [2.45, 2.75) is 13.0 Å². The van der Waals surface area contributed by atoms with E-state index < -0.39 is 6.10 Å². The molecule has 1 N–H and O–H groups in total. The van der Waals surface area contributed by atoms with E-state index in [9.17, 15) is 4.39 Å². The molecule has 2 nitrogen and oxygen atoms in total. The van der Waals surface area contributed by atoms with Crippen LogP contribution in [-0.2, 0) is 0 Å². The highest BCUT2D eigenvalue weighted by Crippen LogP contribution is 2.23. The van der Waals surface area contributed by atoms with Crippen LogP contribution < -0.4 is 0 Å². The van der Waals surface area contributed by atoms with Crippen LogP contribution in [-0.4, -0.2) is 11.2 Å². The van der Waals surface area contributed by atoms with Gasteiger partial charge in [0.05, 0.1) is 6.10 Å². The SMILES string of the molecule is CC(O)/C=C/c1ccc(-c2ccc(F)cc2)o1. The molecule has 1 aromatic carbocycles. The van der Waals surface area contributed by atoms with Gasteiger partial charge in [0.2, 0.25) is 0 Å². The van der Waals surface area contributed by atoms with E-state index in [0.717, 1.165) is 5.56 Å². The second-order valence-electron chi connectivity index (χ2n) is 3.81. The van der Waals surface area contributed by atoms with Crippen LogP contribution in [0.5, 0.6) is 0 Å².